The van der Waals surface area contributed by atoms with Gasteiger partial charge in [-0.15, -0.1) is 0 Å². The first-order valence-corrected chi connectivity index (χ1v) is 6.48. The number of nitrogen functional groups attached to an aromatic ring is 1. The molecule has 0 spiro atoms. The maximum Gasteiger partial charge on any atom is 0.322 e. The van der Waals surface area contributed by atoms with E-state index < -0.39 is 4.92 Å². The molecule has 10 nitrogen and oxygen atoms in total. The Morgan fingerprint density at radius 1 is 1.38 bits per heavy atom. The molecule has 0 aliphatic carbocycles. The molecular formula is C10H11N7O3S. The van der Waals surface area contributed by atoms with Crippen LogP contribution in [0.15, 0.2) is 21.0 Å². The smallest absolute Gasteiger partial charge is 0.301 e. The van der Waals surface area contributed by atoms with Gasteiger partial charge in [-0.2, -0.15) is 4.98 Å². The summed E-state index contributed by atoms with van der Waals surface area (Å²) in [6, 6.07) is 1.32. The van der Waals surface area contributed by atoms with Crippen LogP contribution in [0.3, 0.4) is 0 Å². The van der Waals surface area contributed by atoms with Gasteiger partial charge in [0.05, 0.1) is 4.92 Å². The standard InChI is InChI=1S/C10H11N7O3S/c1-4-3-6(18)14-10(12-4)21-8-7(17(19)20)5(2)13-9(15-8)16-11/h3H,11H2,1-2H3,(H,12,14,18)(H,13,15,16). The largest absolute Gasteiger partial charge is 0.322 e. The van der Waals surface area contributed by atoms with Crippen molar-refractivity contribution in [2.45, 2.75) is 24.0 Å². The van der Waals surface area contributed by atoms with E-state index in [1.165, 1.54) is 13.0 Å². The summed E-state index contributed by atoms with van der Waals surface area (Å²) in [6.45, 7) is 3.11. The highest BCUT2D eigenvalue weighted by atomic mass is 32.2. The quantitative estimate of drug-likeness (QED) is 0.241. The number of hydrazine groups is 1. The normalized spacial score (nSPS) is 10.4. The van der Waals surface area contributed by atoms with Crippen LogP contribution in [0.4, 0.5) is 11.6 Å². The van der Waals surface area contributed by atoms with Gasteiger partial charge in [-0.1, -0.05) is 0 Å². The average Bonchev–Trinajstić information content (AvgIpc) is 2.36. The third kappa shape index (κ3) is 3.32. The predicted molar refractivity (Wildman–Crippen MR) is 75.0 cm³/mol. The van der Waals surface area contributed by atoms with Gasteiger partial charge >= 0.3 is 5.69 Å². The molecular weight excluding hydrogens is 298 g/mol. The van der Waals surface area contributed by atoms with Crippen LogP contribution in [0.5, 0.6) is 0 Å². The van der Waals surface area contributed by atoms with E-state index >= 15 is 0 Å². The highest BCUT2D eigenvalue weighted by Gasteiger charge is 2.23. The lowest BCUT2D eigenvalue weighted by molar-refractivity contribution is -0.389. The highest BCUT2D eigenvalue weighted by Crippen LogP contribution is 2.33. The second kappa shape index (κ2) is 5.85. The van der Waals surface area contributed by atoms with Crippen molar-refractivity contribution < 1.29 is 4.92 Å². The molecule has 11 heteroatoms. The van der Waals surface area contributed by atoms with Crippen LogP contribution in [0.2, 0.25) is 0 Å². The van der Waals surface area contributed by atoms with E-state index in [0.29, 0.717) is 5.69 Å². The molecule has 2 aromatic heterocycles. The summed E-state index contributed by atoms with van der Waals surface area (Å²) in [5, 5.41) is 11.4. The maximum absolute atomic E-state index is 11.4. The van der Waals surface area contributed by atoms with E-state index in [2.05, 4.69) is 25.4 Å². The number of anilines is 1. The second-order valence-electron chi connectivity index (χ2n) is 3.98. The Morgan fingerprint density at radius 3 is 2.67 bits per heavy atom. The lowest BCUT2D eigenvalue weighted by atomic mass is 10.4. The molecule has 0 radical (unpaired) electrons. The van der Waals surface area contributed by atoms with E-state index in [4.69, 9.17) is 5.84 Å². The first-order chi connectivity index (χ1) is 9.90. The number of aromatic nitrogens is 4. The van der Waals surface area contributed by atoms with Gasteiger partial charge in [-0.05, 0) is 25.6 Å². The summed E-state index contributed by atoms with van der Waals surface area (Å²) in [5.74, 6) is 5.27. The topological polar surface area (TPSA) is 153 Å². The van der Waals surface area contributed by atoms with Gasteiger partial charge in [0.15, 0.2) is 10.2 Å². The molecule has 0 amide bonds. The Bertz CT molecular complexity index is 761. The Kier molecular flexibility index (Phi) is 4.14. The number of rotatable bonds is 4. The van der Waals surface area contributed by atoms with Gasteiger partial charge in [0.1, 0.15) is 5.69 Å². The van der Waals surface area contributed by atoms with E-state index in [0.717, 1.165) is 11.8 Å². The van der Waals surface area contributed by atoms with Crippen molar-refractivity contribution in [2.75, 3.05) is 5.43 Å². The maximum atomic E-state index is 11.4. The van der Waals surface area contributed by atoms with E-state index in [1.807, 2.05) is 0 Å². The number of nitrogens with zero attached hydrogens (tertiary/aromatic N) is 4. The van der Waals surface area contributed by atoms with Gasteiger partial charge in [-0.25, -0.2) is 15.8 Å². The van der Waals surface area contributed by atoms with E-state index in [1.54, 1.807) is 6.92 Å². The Hall–Kier alpha value is -2.53. The molecule has 4 N–H and O–H groups in total. The highest BCUT2D eigenvalue weighted by molar-refractivity contribution is 7.99. The second-order valence-corrected chi connectivity index (χ2v) is 4.96. The number of aromatic amines is 1. The van der Waals surface area contributed by atoms with Crippen LogP contribution in [0.25, 0.3) is 0 Å². The molecule has 0 aromatic carbocycles. The third-order valence-electron chi connectivity index (χ3n) is 2.38. The fourth-order valence-corrected chi connectivity index (χ4v) is 2.55. The number of hydrogen-bond acceptors (Lipinski definition) is 9. The molecule has 0 aliphatic heterocycles. The number of nitrogens with one attached hydrogen (secondary N) is 2. The van der Waals surface area contributed by atoms with Crippen molar-refractivity contribution in [1.82, 2.24) is 19.9 Å². The van der Waals surface area contributed by atoms with Crippen LogP contribution in [-0.4, -0.2) is 24.9 Å². The van der Waals surface area contributed by atoms with Crippen molar-refractivity contribution in [1.29, 1.82) is 0 Å². The third-order valence-corrected chi connectivity index (χ3v) is 3.24. The Morgan fingerprint density at radius 2 is 2.10 bits per heavy atom. The van der Waals surface area contributed by atoms with Crippen molar-refractivity contribution in [3.63, 3.8) is 0 Å². The summed E-state index contributed by atoms with van der Waals surface area (Å²) in [6.07, 6.45) is 0. The zero-order valence-electron chi connectivity index (χ0n) is 11.1. The number of nitro groups is 1. The van der Waals surface area contributed by atoms with Gasteiger partial charge < -0.3 is 4.98 Å². The molecule has 0 fully saturated rings. The van der Waals surface area contributed by atoms with Gasteiger partial charge in [0, 0.05) is 11.8 Å². The fraction of sp³-hybridized carbons (Fsp3) is 0.200. The molecule has 2 heterocycles. The minimum atomic E-state index is -0.591. The summed E-state index contributed by atoms with van der Waals surface area (Å²) >= 11 is 0.860. The first kappa shape index (κ1) is 14.9. The predicted octanol–water partition coefficient (Wildman–Crippen LogP) is 0.522. The lowest BCUT2D eigenvalue weighted by Crippen LogP contribution is -2.13. The van der Waals surface area contributed by atoms with Crippen LogP contribution < -0.4 is 16.8 Å². The number of hydrogen-bond donors (Lipinski definition) is 3. The zero-order chi connectivity index (χ0) is 15.6. The molecule has 0 saturated carbocycles. The van der Waals surface area contributed by atoms with Crippen LogP contribution in [0, 0.1) is 24.0 Å². The van der Waals surface area contributed by atoms with E-state index in [9.17, 15) is 14.9 Å². The van der Waals surface area contributed by atoms with Crippen molar-refractivity contribution in [2.24, 2.45) is 5.84 Å². The first-order valence-electron chi connectivity index (χ1n) is 5.66. The molecule has 0 bridgehead atoms. The molecule has 0 saturated heterocycles. The van der Waals surface area contributed by atoms with Crippen molar-refractivity contribution in [3.8, 4) is 0 Å². The molecule has 21 heavy (non-hydrogen) atoms. The molecule has 2 aromatic rings. The van der Waals surface area contributed by atoms with Gasteiger partial charge in [0.2, 0.25) is 5.95 Å². The summed E-state index contributed by atoms with van der Waals surface area (Å²) < 4.78 is 0. The van der Waals surface area contributed by atoms with Crippen molar-refractivity contribution in [3.05, 3.63) is 37.9 Å². The zero-order valence-corrected chi connectivity index (χ0v) is 11.9. The molecule has 110 valence electrons. The van der Waals surface area contributed by atoms with Crippen molar-refractivity contribution >= 4 is 23.4 Å². The van der Waals surface area contributed by atoms with Crippen LogP contribution in [0.1, 0.15) is 11.4 Å². The summed E-state index contributed by atoms with van der Waals surface area (Å²) in [4.78, 5) is 36.3. The minimum Gasteiger partial charge on any atom is -0.301 e. The van der Waals surface area contributed by atoms with Crippen LogP contribution >= 0.6 is 11.8 Å². The lowest BCUT2D eigenvalue weighted by Gasteiger charge is -2.06. The van der Waals surface area contributed by atoms with Gasteiger partial charge in [-0.3, -0.25) is 20.3 Å². The average molecular weight is 309 g/mol. The van der Waals surface area contributed by atoms with Gasteiger partial charge in [0.25, 0.3) is 5.56 Å². The van der Waals surface area contributed by atoms with Crippen LogP contribution in [-0.2, 0) is 0 Å². The van der Waals surface area contributed by atoms with E-state index in [-0.39, 0.29) is 33.1 Å². The fourth-order valence-electron chi connectivity index (χ4n) is 1.58. The number of aryl methyl sites for hydroxylation is 2. The minimum absolute atomic E-state index is 0.0363. The Labute approximate surface area is 122 Å². The molecule has 0 unspecified atom stereocenters. The summed E-state index contributed by atoms with van der Waals surface area (Å²) in [7, 11) is 0. The number of H-pyrrole nitrogens is 1. The summed E-state index contributed by atoms with van der Waals surface area (Å²) in [5.41, 5.74) is 2.27. The number of nitrogens with two attached hydrogens (primary N) is 1. The molecule has 0 atom stereocenters. The monoisotopic (exact) mass is 309 g/mol. The molecule has 0 aliphatic rings. The SMILES string of the molecule is Cc1cc(=O)[nH]c(Sc2nc(NN)nc(C)c2[N+](=O)[O-])n1. The molecule has 2 rings (SSSR count). The Balaban J connectivity index is 2.53.